The fraction of sp³-hybridized carbons (Fsp3) is 0.250. The first-order chi connectivity index (χ1) is 7.94. The van der Waals surface area contributed by atoms with Crippen molar-refractivity contribution in [2.75, 3.05) is 0 Å². The van der Waals surface area contributed by atoms with Gasteiger partial charge in [0.25, 0.3) is 0 Å². The summed E-state index contributed by atoms with van der Waals surface area (Å²) < 4.78 is 40.0. The number of allylic oxidation sites excluding steroid dienone is 1. The average molecular weight is 244 g/mol. The quantitative estimate of drug-likeness (QED) is 0.582. The van der Waals surface area contributed by atoms with E-state index in [0.29, 0.717) is 6.42 Å². The van der Waals surface area contributed by atoms with Crippen LogP contribution in [-0.2, 0) is 0 Å². The first-order valence-electron chi connectivity index (χ1n) is 4.93. The van der Waals surface area contributed by atoms with Crippen LogP contribution in [0.5, 0.6) is 5.75 Å². The molecule has 1 rings (SSSR count). The molecule has 2 nitrogen and oxygen atoms in total. The first kappa shape index (κ1) is 13.3. The lowest BCUT2D eigenvalue weighted by Gasteiger charge is -2.12. The number of hydrogen-bond acceptors (Lipinski definition) is 2. The van der Waals surface area contributed by atoms with Crippen LogP contribution in [0.2, 0.25) is 0 Å². The maximum absolute atomic E-state index is 12.1. The van der Waals surface area contributed by atoms with Crippen molar-refractivity contribution in [3.8, 4) is 5.75 Å². The Morgan fingerprint density at radius 1 is 1.35 bits per heavy atom. The zero-order valence-corrected chi connectivity index (χ0v) is 8.96. The summed E-state index contributed by atoms with van der Waals surface area (Å²) in [6, 6.07) is 5.30. The molecule has 0 spiro atoms. The molecular weight excluding hydrogens is 233 g/mol. The number of carbonyl (C=O) groups excluding carboxylic acids is 1. The van der Waals surface area contributed by atoms with Gasteiger partial charge in [0.1, 0.15) is 5.75 Å². The van der Waals surface area contributed by atoms with E-state index in [-0.39, 0.29) is 12.0 Å². The van der Waals surface area contributed by atoms with Gasteiger partial charge in [0.05, 0.1) is 5.56 Å². The van der Waals surface area contributed by atoms with Gasteiger partial charge in [-0.1, -0.05) is 18.2 Å². The Balaban J connectivity index is 2.91. The minimum Gasteiger partial charge on any atom is -0.405 e. The van der Waals surface area contributed by atoms with Crippen LogP contribution in [0.1, 0.15) is 23.2 Å². The lowest BCUT2D eigenvalue weighted by atomic mass is 10.1. The predicted octanol–water partition coefficient (Wildman–Crippen LogP) is 3.73. The molecule has 0 amide bonds. The highest BCUT2D eigenvalue weighted by Gasteiger charge is 2.32. The fourth-order valence-electron chi connectivity index (χ4n) is 1.28. The van der Waals surface area contributed by atoms with Gasteiger partial charge in [-0.2, -0.15) is 0 Å². The number of carbonyl (C=O) groups is 1. The number of benzene rings is 1. The van der Waals surface area contributed by atoms with Crippen molar-refractivity contribution in [2.24, 2.45) is 0 Å². The maximum atomic E-state index is 12.1. The SMILES string of the molecule is C=CCCC(=O)c1ccccc1OC(F)(F)F. The molecule has 17 heavy (non-hydrogen) atoms. The van der Waals surface area contributed by atoms with E-state index in [1.54, 1.807) is 0 Å². The summed E-state index contributed by atoms with van der Waals surface area (Å²) in [7, 11) is 0. The summed E-state index contributed by atoms with van der Waals surface area (Å²) in [5, 5.41) is 0. The highest BCUT2D eigenvalue weighted by Crippen LogP contribution is 2.27. The molecule has 0 bridgehead atoms. The molecule has 0 aliphatic rings. The summed E-state index contributed by atoms with van der Waals surface area (Å²) in [6.45, 7) is 3.44. The Labute approximate surface area is 96.7 Å². The molecule has 0 saturated heterocycles. The van der Waals surface area contributed by atoms with E-state index in [0.717, 1.165) is 6.07 Å². The monoisotopic (exact) mass is 244 g/mol. The van der Waals surface area contributed by atoms with Crippen molar-refractivity contribution < 1.29 is 22.7 Å². The molecule has 0 aliphatic heterocycles. The van der Waals surface area contributed by atoms with E-state index < -0.39 is 17.9 Å². The zero-order valence-electron chi connectivity index (χ0n) is 8.96. The number of halogens is 3. The second-order valence-electron chi connectivity index (χ2n) is 3.29. The van der Waals surface area contributed by atoms with Gasteiger partial charge in [-0.3, -0.25) is 4.79 Å². The number of ether oxygens (including phenoxy) is 1. The van der Waals surface area contributed by atoms with Crippen molar-refractivity contribution in [1.29, 1.82) is 0 Å². The number of hydrogen-bond donors (Lipinski definition) is 0. The van der Waals surface area contributed by atoms with Crippen molar-refractivity contribution in [2.45, 2.75) is 19.2 Å². The molecule has 0 atom stereocenters. The number of ketones is 1. The van der Waals surface area contributed by atoms with E-state index in [9.17, 15) is 18.0 Å². The van der Waals surface area contributed by atoms with Gasteiger partial charge in [-0.15, -0.1) is 19.8 Å². The third-order valence-electron chi connectivity index (χ3n) is 1.99. The van der Waals surface area contributed by atoms with Crippen LogP contribution in [-0.4, -0.2) is 12.1 Å². The van der Waals surface area contributed by atoms with Crippen molar-refractivity contribution in [3.05, 3.63) is 42.5 Å². The van der Waals surface area contributed by atoms with Gasteiger partial charge in [0.15, 0.2) is 5.78 Å². The third kappa shape index (κ3) is 4.30. The minimum atomic E-state index is -4.80. The van der Waals surface area contributed by atoms with E-state index in [1.807, 2.05) is 0 Å². The Kier molecular flexibility index (Phi) is 4.31. The van der Waals surface area contributed by atoms with Crippen molar-refractivity contribution in [3.63, 3.8) is 0 Å². The number of Topliss-reactive ketones (excluding diaryl/α,β-unsaturated/α-hetero) is 1. The van der Waals surface area contributed by atoms with Crippen LogP contribution >= 0.6 is 0 Å². The fourth-order valence-corrected chi connectivity index (χ4v) is 1.28. The van der Waals surface area contributed by atoms with E-state index >= 15 is 0 Å². The predicted molar refractivity (Wildman–Crippen MR) is 56.9 cm³/mol. The number of alkyl halides is 3. The molecule has 0 fully saturated rings. The molecule has 0 aromatic heterocycles. The highest BCUT2D eigenvalue weighted by atomic mass is 19.4. The summed E-state index contributed by atoms with van der Waals surface area (Å²) >= 11 is 0. The van der Waals surface area contributed by atoms with E-state index in [4.69, 9.17) is 0 Å². The Bertz CT molecular complexity index is 410. The normalized spacial score (nSPS) is 11.0. The van der Waals surface area contributed by atoms with Crippen LogP contribution < -0.4 is 4.74 Å². The van der Waals surface area contributed by atoms with Crippen molar-refractivity contribution in [1.82, 2.24) is 0 Å². The summed E-state index contributed by atoms with van der Waals surface area (Å²) in [4.78, 5) is 11.6. The number of rotatable bonds is 5. The van der Waals surface area contributed by atoms with Gasteiger partial charge in [-0.05, 0) is 18.6 Å². The van der Waals surface area contributed by atoms with Gasteiger partial charge in [0, 0.05) is 6.42 Å². The second-order valence-corrected chi connectivity index (χ2v) is 3.29. The standard InChI is InChI=1S/C12H11F3O2/c1-2-3-7-10(16)9-6-4-5-8-11(9)17-12(13,14)15/h2,4-6,8H,1,3,7H2. The molecule has 0 radical (unpaired) electrons. The van der Waals surface area contributed by atoms with Crippen molar-refractivity contribution >= 4 is 5.78 Å². The van der Waals surface area contributed by atoms with Gasteiger partial charge >= 0.3 is 6.36 Å². The largest absolute Gasteiger partial charge is 0.573 e. The van der Waals surface area contributed by atoms with Gasteiger partial charge < -0.3 is 4.74 Å². The van der Waals surface area contributed by atoms with Crippen LogP contribution in [0, 0.1) is 0 Å². The average Bonchev–Trinajstić information content (AvgIpc) is 2.24. The topological polar surface area (TPSA) is 26.3 Å². The lowest BCUT2D eigenvalue weighted by Crippen LogP contribution is -2.19. The number of para-hydroxylation sites is 1. The minimum absolute atomic E-state index is 0.0633. The summed E-state index contributed by atoms with van der Waals surface area (Å²) in [6.07, 6.45) is -2.74. The maximum Gasteiger partial charge on any atom is 0.573 e. The summed E-state index contributed by atoms with van der Waals surface area (Å²) in [5.41, 5.74) is -0.0633. The molecule has 0 saturated carbocycles. The van der Waals surface area contributed by atoms with Crippen LogP contribution in [0.25, 0.3) is 0 Å². The molecule has 0 heterocycles. The molecule has 0 N–H and O–H groups in total. The molecule has 0 unspecified atom stereocenters. The molecule has 92 valence electrons. The third-order valence-corrected chi connectivity index (χ3v) is 1.99. The van der Waals surface area contributed by atoms with E-state index in [1.165, 1.54) is 24.3 Å². The zero-order chi connectivity index (χ0) is 12.9. The molecule has 0 aliphatic carbocycles. The van der Waals surface area contributed by atoms with Gasteiger partial charge in [-0.25, -0.2) is 0 Å². The lowest BCUT2D eigenvalue weighted by molar-refractivity contribution is -0.274. The van der Waals surface area contributed by atoms with Crippen LogP contribution in [0.15, 0.2) is 36.9 Å². The Morgan fingerprint density at radius 2 is 2.00 bits per heavy atom. The molecule has 1 aromatic carbocycles. The van der Waals surface area contributed by atoms with Gasteiger partial charge in [0.2, 0.25) is 0 Å². The Morgan fingerprint density at radius 3 is 2.59 bits per heavy atom. The molecule has 5 heteroatoms. The van der Waals surface area contributed by atoms with Crippen LogP contribution in [0.4, 0.5) is 13.2 Å². The highest BCUT2D eigenvalue weighted by molar-refractivity contribution is 5.98. The second kappa shape index (κ2) is 5.52. The van der Waals surface area contributed by atoms with Crippen LogP contribution in [0.3, 0.4) is 0 Å². The van der Waals surface area contributed by atoms with E-state index in [2.05, 4.69) is 11.3 Å². The Hall–Kier alpha value is -1.78. The summed E-state index contributed by atoms with van der Waals surface area (Å²) in [5.74, 6) is -0.862. The smallest absolute Gasteiger partial charge is 0.405 e. The first-order valence-corrected chi connectivity index (χ1v) is 4.93. The molecular formula is C12H11F3O2. The molecule has 1 aromatic rings.